The highest BCUT2D eigenvalue weighted by Gasteiger charge is 2.32. The van der Waals surface area contributed by atoms with E-state index in [1.54, 1.807) is 155 Å². The number of piperidine rings is 3. The maximum absolute atomic E-state index is 12.9. The zero-order chi connectivity index (χ0) is 106. The summed E-state index contributed by atoms with van der Waals surface area (Å²) in [4.78, 5) is 48.6. The van der Waals surface area contributed by atoms with Crippen LogP contribution in [0.15, 0.2) is 193 Å². The molecular formula is C107H132Cl4N22O10P4S. The molecule has 0 saturated carbocycles. The van der Waals surface area contributed by atoms with Gasteiger partial charge in [-0.05, 0) is 267 Å². The van der Waals surface area contributed by atoms with Gasteiger partial charge >= 0.3 is 0 Å². The van der Waals surface area contributed by atoms with Gasteiger partial charge in [0.1, 0.15) is 72.5 Å². The lowest BCUT2D eigenvalue weighted by Crippen LogP contribution is -2.52. The number of piperazine rings is 1. The van der Waals surface area contributed by atoms with Crippen molar-refractivity contribution in [1.29, 1.82) is 5.26 Å². The van der Waals surface area contributed by atoms with E-state index in [1.165, 1.54) is 43.9 Å². The smallest absolute Gasteiger partial charge is 0.229 e. The highest BCUT2D eigenvalue weighted by molar-refractivity contribution is 7.92. The number of fused-ring (bicyclic) bond motifs is 1. The third-order valence-electron chi connectivity index (χ3n) is 26.2. The summed E-state index contributed by atoms with van der Waals surface area (Å²) < 4.78 is 99.3. The molecule has 0 amide bonds. The molecule has 0 unspecified atom stereocenters. The van der Waals surface area contributed by atoms with Crippen LogP contribution in [0.25, 0.3) is 6.08 Å². The molecule has 4 fully saturated rings. The van der Waals surface area contributed by atoms with Crippen molar-refractivity contribution < 1.29 is 45.6 Å². The summed E-state index contributed by atoms with van der Waals surface area (Å²) >= 11 is 25.7. The maximum Gasteiger partial charge on any atom is 0.229 e. The second-order valence-corrected chi connectivity index (χ2v) is 55.9. The summed E-state index contributed by atoms with van der Waals surface area (Å²) in [5.74, 6) is 6.48. The minimum Gasteiger partial charge on any atom is -0.495 e. The highest BCUT2D eigenvalue weighted by atomic mass is 35.5. The van der Waals surface area contributed by atoms with E-state index < -0.39 is 43.7 Å². The van der Waals surface area contributed by atoms with Gasteiger partial charge in [-0.15, -0.1) is 0 Å². The Morgan fingerprint density at radius 2 is 0.865 bits per heavy atom. The lowest BCUT2D eigenvalue weighted by Gasteiger charge is -2.42. The van der Waals surface area contributed by atoms with Gasteiger partial charge in [-0.25, -0.2) is 28.4 Å². The van der Waals surface area contributed by atoms with Gasteiger partial charge in [0, 0.05) is 121 Å². The highest BCUT2D eigenvalue weighted by Crippen LogP contribution is 2.47. The summed E-state index contributed by atoms with van der Waals surface area (Å²) in [7, 11) is -6.36. The van der Waals surface area contributed by atoms with E-state index >= 15 is 0 Å². The molecule has 148 heavy (non-hydrogen) atoms. The number of hydrogen-bond acceptors (Lipinski definition) is 32. The van der Waals surface area contributed by atoms with Crippen molar-refractivity contribution in [2.24, 2.45) is 5.92 Å². The average molecular weight is 2180 g/mol. The van der Waals surface area contributed by atoms with E-state index in [4.69, 9.17) is 70.6 Å². The van der Waals surface area contributed by atoms with E-state index in [2.05, 4.69) is 151 Å². The van der Waals surface area contributed by atoms with E-state index in [0.29, 0.717) is 148 Å². The number of methoxy groups -OCH3 is 3. The van der Waals surface area contributed by atoms with Gasteiger partial charge in [0.15, 0.2) is 27.3 Å². The first-order valence-electron chi connectivity index (χ1n) is 49.3. The second kappa shape index (κ2) is 49.9. The molecule has 32 nitrogen and oxygen atoms in total. The minimum absolute atomic E-state index is 0.0244. The molecule has 8 N–H and O–H groups in total. The minimum atomic E-state index is -3.50. The number of likely N-dealkylation sites (N-methyl/N-ethyl adjacent to an activating group) is 1. The molecule has 0 spiro atoms. The average Bonchev–Trinajstić information content (AvgIpc) is 1.29. The zero-order valence-corrected chi connectivity index (χ0v) is 94.1. The first-order valence-corrected chi connectivity index (χ1v) is 62.7. The van der Waals surface area contributed by atoms with Crippen LogP contribution in [-0.2, 0) is 34.5 Å². The Morgan fingerprint density at radius 1 is 0.439 bits per heavy atom. The van der Waals surface area contributed by atoms with Gasteiger partial charge in [-0.1, -0.05) is 108 Å². The number of ether oxygens (including phenoxy) is 4. The number of anilines is 18. The predicted octanol–water partition coefficient (Wildman–Crippen LogP) is 23.2. The molecule has 4 saturated heterocycles. The molecule has 5 aliphatic rings. The van der Waals surface area contributed by atoms with E-state index in [-0.39, 0.29) is 16.9 Å². The number of likely N-dealkylation sites (tertiary alicyclic amines) is 1. The van der Waals surface area contributed by atoms with Crippen LogP contribution in [-0.4, -0.2) is 234 Å². The van der Waals surface area contributed by atoms with Crippen molar-refractivity contribution in [1.82, 2.24) is 54.6 Å². The van der Waals surface area contributed by atoms with Crippen LogP contribution in [0.4, 0.5) is 104 Å². The molecule has 17 rings (SSSR count). The Morgan fingerprint density at radius 3 is 1.33 bits per heavy atom. The van der Waals surface area contributed by atoms with Crippen molar-refractivity contribution in [2.75, 3.05) is 206 Å². The number of nitrogens with zero attached hydrogens (tertiary/aromatic N) is 14. The maximum atomic E-state index is 12.9. The summed E-state index contributed by atoms with van der Waals surface area (Å²) in [6.07, 6.45) is 15.5. The second-order valence-electron chi connectivity index (χ2n) is 39.0. The van der Waals surface area contributed by atoms with Gasteiger partial charge in [0.2, 0.25) is 23.8 Å². The number of benzene rings is 8. The number of nitrogens with one attached hydrogen (secondary N) is 8. The molecule has 1 aliphatic carbocycles. The number of hydrogen-bond donors (Lipinski definition) is 8. The number of nitriles is 1. The molecule has 0 radical (unpaired) electrons. The first-order chi connectivity index (χ1) is 70.5. The SMILES string of the molecule is CCN1CCC(c2ccc(Nc3ncc(Cl)c(Nc4ccccc4P(C)(C)=O)n3)c(OC(C)C)c2)CC1.COc1cc(N2CCC(C#N)CC2)ccc1Nc1ncc(Cl)c(Nc2ccccc2P(C)(C)=O)n1.COc1cc(N2CCC(N3CCN(C)CC3)CC2)ccc1Nc1ncc(Cl)c(Nc2ccc(P(C)(C)=O)cc2Cl)n1.COc1cc(P(C)(C)=O)ccc1Nc1nc2c(c(Nc3ccccc3S(=O)(=O)C(C)C)n1)C=CC2. The number of rotatable bonds is 32. The topological polar surface area (TPSA) is 379 Å². The first kappa shape index (κ1) is 112. The van der Waals surface area contributed by atoms with Gasteiger partial charge in [-0.3, -0.25) is 4.90 Å². The van der Waals surface area contributed by atoms with Crippen LogP contribution in [0.3, 0.4) is 0 Å². The van der Waals surface area contributed by atoms with Gasteiger partial charge < -0.3 is 99.3 Å². The Labute approximate surface area is 889 Å². The van der Waals surface area contributed by atoms with Crippen molar-refractivity contribution in [3.05, 3.63) is 225 Å². The van der Waals surface area contributed by atoms with Crippen molar-refractivity contribution in [3.63, 3.8) is 0 Å². The normalized spacial score (nSPS) is 15.1. The van der Waals surface area contributed by atoms with Crippen LogP contribution in [0, 0.1) is 17.2 Å². The number of sulfone groups is 1. The molecule has 0 bridgehead atoms. The summed E-state index contributed by atoms with van der Waals surface area (Å²) in [6, 6.07) is 53.8. The molecule has 0 atom stereocenters. The number of allylic oxidation sites excluding steroid dienone is 1. The quantitative estimate of drug-likeness (QED) is 0.0182. The van der Waals surface area contributed by atoms with E-state index in [9.17, 15) is 26.7 Å². The number of halogens is 4. The summed E-state index contributed by atoms with van der Waals surface area (Å²) in [6.45, 7) is 35.1. The number of aromatic nitrogens is 8. The predicted molar refractivity (Wildman–Crippen MR) is 612 cm³/mol. The Bertz CT molecular complexity index is 7120. The molecule has 8 heterocycles. The van der Waals surface area contributed by atoms with Crippen LogP contribution in [0.5, 0.6) is 23.0 Å². The lowest BCUT2D eigenvalue weighted by molar-refractivity contribution is 0.0982. The van der Waals surface area contributed by atoms with Gasteiger partial charge in [0.05, 0.1) is 118 Å². The van der Waals surface area contributed by atoms with E-state index in [0.717, 1.165) is 135 Å². The largest absolute Gasteiger partial charge is 0.495 e. The molecular weight excluding hydrogens is 2050 g/mol. The summed E-state index contributed by atoms with van der Waals surface area (Å²) in [5.41, 5.74) is 10.5. The Kier molecular flexibility index (Phi) is 37.8. The van der Waals surface area contributed by atoms with Crippen molar-refractivity contribution >= 4 is 216 Å². The fourth-order valence-electron chi connectivity index (χ4n) is 17.8. The zero-order valence-electron chi connectivity index (χ0n) is 86.6. The molecule has 12 aromatic rings. The van der Waals surface area contributed by atoms with Gasteiger partial charge in [0.25, 0.3) is 0 Å². The van der Waals surface area contributed by atoms with Crippen LogP contribution in [0.2, 0.25) is 20.1 Å². The monoisotopic (exact) mass is 2180 g/mol. The lowest BCUT2D eigenvalue weighted by atomic mass is 9.89. The fraction of sp³-hybridized carbons (Fsp3) is 0.374. The molecule has 784 valence electrons. The van der Waals surface area contributed by atoms with Crippen LogP contribution in [0.1, 0.15) is 95.9 Å². The van der Waals surface area contributed by atoms with Crippen molar-refractivity contribution in [3.8, 4) is 29.1 Å². The fourth-order valence-corrected chi connectivity index (χ4v) is 23.8. The molecule has 4 aliphatic heterocycles. The Hall–Kier alpha value is -11.6. The van der Waals surface area contributed by atoms with Gasteiger partial charge in [-0.2, -0.15) is 25.2 Å². The third-order valence-corrected chi connectivity index (χ3v) is 35.7. The molecule has 4 aromatic heterocycles. The standard InChI is InChI=1S/C29H38Cl2N7O2P.C28H37ClN5O2P.C25H28ClN6O2P.C25H29N4O4PS/c1-36-13-15-38(16-14-36)20-9-11-37(12-10-20)21-5-7-26(27(17-21)40-2)34-29-32-19-24(31)28(35-29)33-25-8-6-22(18-23(25)30)41(3,4)39;1-6-34-15-13-20(14-16-34)21-11-12-23(25(17-21)36-19(2)3)32-28-30-18-22(29)27(33-28)31-24-9-7-8-10-26(24)37(4,5)35;1-34-22-14-18(32-12-10-17(15-27)11-13-32)8-9-20(22)30-25-28-16-19(26)24(31-25)29-21-6-4-5-7-23(21)35(2,3)33;1-16(2)35(31,32)23-12-7-6-10-21(23)26-24-18-9-8-11-19(18)27-25(29-24)28-20-14-13-17(34(4,5)30)15-22(20)33-3/h5-8,17-20H,9-16H2,1-4H3,(H2,32,33,34,35);7-12,17-20H,6,13-16H2,1-5H3,(H2,30,31,32,33);4-9,14,16-17H,10-13H2,1-3H3,(H2,28,29,30,31);6-10,12-16H,11H2,1-5H3,(H2,26,27,28,29). The summed E-state index contributed by atoms with van der Waals surface area (Å²) in [5, 5.41) is 38.8. The third kappa shape index (κ3) is 29.4. The van der Waals surface area contributed by atoms with Crippen LogP contribution < -0.4 is 92.5 Å². The van der Waals surface area contributed by atoms with Crippen LogP contribution >= 0.6 is 75.0 Å². The Balaban J connectivity index is 0.000000156. The number of para-hydroxylation sites is 3. The van der Waals surface area contributed by atoms with Crippen molar-refractivity contribution in [2.45, 2.75) is 108 Å². The molecule has 41 heteroatoms. The van der Waals surface area contributed by atoms with E-state index in [1.807, 2.05) is 105 Å². The molecule has 8 aromatic carbocycles.